The molecule has 3 fully saturated rings. The minimum Gasteiger partial charge on any atom is -0.387 e. The summed E-state index contributed by atoms with van der Waals surface area (Å²) in [5.41, 5.74) is 1.96. The van der Waals surface area contributed by atoms with Crippen molar-refractivity contribution in [3.05, 3.63) is 47.8 Å². The summed E-state index contributed by atoms with van der Waals surface area (Å²) in [6.07, 6.45) is 3.61. The van der Waals surface area contributed by atoms with Crippen molar-refractivity contribution in [1.82, 2.24) is 24.8 Å². The molecule has 188 valence electrons. The van der Waals surface area contributed by atoms with E-state index in [2.05, 4.69) is 31.7 Å². The molecule has 0 spiro atoms. The Morgan fingerprint density at radius 1 is 1.31 bits per heavy atom. The highest BCUT2D eigenvalue weighted by Crippen LogP contribution is 2.32. The van der Waals surface area contributed by atoms with E-state index in [0.29, 0.717) is 28.4 Å². The number of nitriles is 1. The third kappa shape index (κ3) is 4.76. The van der Waals surface area contributed by atoms with E-state index in [0.717, 1.165) is 43.7 Å². The Morgan fingerprint density at radius 3 is 2.75 bits per heavy atom. The molecule has 1 unspecified atom stereocenters. The molecular weight excluding hydrogens is 461 g/mol. The van der Waals surface area contributed by atoms with Crippen LogP contribution in [-0.4, -0.2) is 74.5 Å². The van der Waals surface area contributed by atoms with E-state index in [1.165, 1.54) is 26.2 Å². The maximum Gasteiger partial charge on any atom is 0.255 e. The van der Waals surface area contributed by atoms with Gasteiger partial charge < -0.3 is 20.6 Å². The van der Waals surface area contributed by atoms with Gasteiger partial charge in [-0.1, -0.05) is 0 Å². The Labute approximate surface area is 208 Å². The number of aromatic nitrogens is 3. The molecule has 2 atom stereocenters. The number of rotatable bonds is 7. The molecule has 36 heavy (non-hydrogen) atoms. The third-order valence-corrected chi connectivity index (χ3v) is 7.25. The quantitative estimate of drug-likeness (QED) is 0.465. The van der Waals surface area contributed by atoms with E-state index in [-0.39, 0.29) is 12.6 Å². The van der Waals surface area contributed by atoms with Crippen LogP contribution in [-0.2, 0) is 0 Å². The zero-order valence-corrected chi connectivity index (χ0v) is 20.4. The molecule has 3 aromatic rings. The fraction of sp³-hybridized carbons (Fsp3) is 0.462. The molecule has 3 aromatic heterocycles. The Balaban J connectivity index is 1.47. The maximum absolute atomic E-state index is 14.3. The highest BCUT2D eigenvalue weighted by Gasteiger charge is 2.35. The first-order valence-corrected chi connectivity index (χ1v) is 12.2. The third-order valence-electron chi connectivity index (χ3n) is 7.25. The Bertz CT molecular complexity index is 1320. The molecule has 3 N–H and O–H groups in total. The minimum atomic E-state index is -1.61. The number of hydrogen-bond acceptors (Lipinski definition) is 7. The minimum absolute atomic E-state index is 0.194. The predicted molar refractivity (Wildman–Crippen MR) is 133 cm³/mol. The van der Waals surface area contributed by atoms with Gasteiger partial charge in [0.25, 0.3) is 5.91 Å². The summed E-state index contributed by atoms with van der Waals surface area (Å²) in [6, 6.07) is 9.61. The summed E-state index contributed by atoms with van der Waals surface area (Å²) >= 11 is 0. The van der Waals surface area contributed by atoms with Gasteiger partial charge in [-0.3, -0.25) is 9.78 Å². The molecule has 2 bridgehead atoms. The number of carbonyl (C=O) groups excluding carboxylic acids is 1. The Hall–Kier alpha value is -3.55. The largest absolute Gasteiger partial charge is 0.387 e. The summed E-state index contributed by atoms with van der Waals surface area (Å²) in [7, 11) is 0. The first kappa shape index (κ1) is 24.2. The van der Waals surface area contributed by atoms with Crippen LogP contribution in [0.15, 0.2) is 36.7 Å². The van der Waals surface area contributed by atoms with E-state index in [1.807, 2.05) is 18.2 Å². The first-order valence-electron chi connectivity index (χ1n) is 12.2. The number of pyridine rings is 1. The predicted octanol–water partition coefficient (Wildman–Crippen LogP) is 2.61. The lowest BCUT2D eigenvalue weighted by atomic mass is 9.84. The van der Waals surface area contributed by atoms with Crippen molar-refractivity contribution in [3.63, 3.8) is 0 Å². The van der Waals surface area contributed by atoms with Crippen LogP contribution in [0.25, 0.3) is 16.9 Å². The highest BCUT2D eigenvalue weighted by atomic mass is 19.1. The smallest absolute Gasteiger partial charge is 0.255 e. The van der Waals surface area contributed by atoms with E-state index in [1.54, 1.807) is 10.6 Å². The van der Waals surface area contributed by atoms with Crippen molar-refractivity contribution in [2.24, 2.45) is 5.92 Å². The fourth-order valence-corrected chi connectivity index (χ4v) is 5.01. The number of nitrogens with zero attached hydrogens (tertiary/aromatic N) is 5. The molecule has 3 aliphatic heterocycles. The van der Waals surface area contributed by atoms with Gasteiger partial charge in [-0.15, -0.1) is 0 Å². The number of aliphatic hydroxyl groups is 1. The number of halogens is 1. The second-order valence-corrected chi connectivity index (χ2v) is 10.2. The maximum atomic E-state index is 14.3. The zero-order chi connectivity index (χ0) is 25.4. The molecule has 0 radical (unpaired) electrons. The second kappa shape index (κ2) is 9.48. The van der Waals surface area contributed by atoms with Gasteiger partial charge in [-0.25, -0.2) is 8.91 Å². The number of fused-ring (bicyclic) bond motifs is 4. The normalized spacial score (nSPS) is 22.2. The SMILES string of the molecule is CC(C)(O)C(F)CNC(=O)c1cnc(-c2ccc3cc(C#N)cnn23)cc1N[C@@H]1CN2CCC1CC2. The summed E-state index contributed by atoms with van der Waals surface area (Å²) < 4.78 is 16.0. The monoisotopic (exact) mass is 491 g/mol. The van der Waals surface area contributed by atoms with Gasteiger partial charge in [0.15, 0.2) is 0 Å². The molecule has 1 amide bonds. The van der Waals surface area contributed by atoms with Crippen molar-refractivity contribution in [1.29, 1.82) is 5.26 Å². The molecule has 6 rings (SSSR count). The van der Waals surface area contributed by atoms with Gasteiger partial charge in [0.1, 0.15) is 12.2 Å². The second-order valence-electron chi connectivity index (χ2n) is 10.2. The summed E-state index contributed by atoms with van der Waals surface area (Å²) in [5, 5.41) is 29.6. The molecule has 3 saturated heterocycles. The first-order chi connectivity index (χ1) is 17.2. The van der Waals surface area contributed by atoms with Crippen LogP contribution in [0, 0.1) is 17.2 Å². The molecule has 0 saturated carbocycles. The molecule has 0 aromatic carbocycles. The molecule has 9 nitrogen and oxygen atoms in total. The van der Waals surface area contributed by atoms with Crippen LogP contribution >= 0.6 is 0 Å². The van der Waals surface area contributed by atoms with Gasteiger partial charge in [-0.05, 0) is 70.0 Å². The van der Waals surface area contributed by atoms with Crippen LogP contribution in [0.4, 0.5) is 10.1 Å². The molecule has 6 heterocycles. The van der Waals surface area contributed by atoms with Gasteiger partial charge in [0, 0.05) is 18.8 Å². The van der Waals surface area contributed by atoms with E-state index < -0.39 is 17.7 Å². The Kier molecular flexibility index (Phi) is 6.36. The zero-order valence-electron chi connectivity index (χ0n) is 20.4. The van der Waals surface area contributed by atoms with E-state index >= 15 is 0 Å². The summed E-state index contributed by atoms with van der Waals surface area (Å²) in [4.78, 5) is 20.0. The van der Waals surface area contributed by atoms with Gasteiger partial charge in [0.2, 0.25) is 0 Å². The number of nitrogens with one attached hydrogen (secondary N) is 2. The lowest BCUT2D eigenvalue weighted by Gasteiger charge is -2.45. The lowest BCUT2D eigenvalue weighted by molar-refractivity contribution is -0.00177. The van der Waals surface area contributed by atoms with Crippen molar-refractivity contribution in [2.45, 2.75) is 44.5 Å². The molecule has 3 aliphatic rings. The number of carbonyl (C=O) groups is 1. The average molecular weight is 492 g/mol. The molecule has 0 aliphatic carbocycles. The van der Waals surface area contributed by atoms with Gasteiger partial charge >= 0.3 is 0 Å². The Morgan fingerprint density at radius 2 is 2.08 bits per heavy atom. The number of hydrogen-bond donors (Lipinski definition) is 3. The van der Waals surface area contributed by atoms with E-state index in [4.69, 9.17) is 5.26 Å². The van der Waals surface area contributed by atoms with Crippen LogP contribution < -0.4 is 10.6 Å². The average Bonchev–Trinajstić information content (AvgIpc) is 3.30. The van der Waals surface area contributed by atoms with Crippen molar-refractivity contribution < 1.29 is 14.3 Å². The van der Waals surface area contributed by atoms with Crippen LogP contribution in [0.1, 0.15) is 42.6 Å². The summed E-state index contributed by atoms with van der Waals surface area (Å²) in [5.74, 6) is 0.0645. The van der Waals surface area contributed by atoms with E-state index in [9.17, 15) is 14.3 Å². The van der Waals surface area contributed by atoms with Crippen LogP contribution in [0.5, 0.6) is 0 Å². The van der Waals surface area contributed by atoms with Crippen molar-refractivity contribution >= 4 is 17.1 Å². The topological polar surface area (TPSA) is 119 Å². The lowest BCUT2D eigenvalue weighted by Crippen LogP contribution is -2.53. The van der Waals surface area contributed by atoms with Crippen molar-refractivity contribution in [2.75, 3.05) is 31.5 Å². The fourth-order valence-electron chi connectivity index (χ4n) is 5.01. The highest BCUT2D eigenvalue weighted by molar-refractivity contribution is 6.00. The summed E-state index contributed by atoms with van der Waals surface area (Å²) in [6.45, 7) is 5.53. The number of alkyl halides is 1. The van der Waals surface area contributed by atoms with Gasteiger partial charge in [-0.2, -0.15) is 10.4 Å². The van der Waals surface area contributed by atoms with Crippen LogP contribution in [0.2, 0.25) is 0 Å². The molecule has 10 heteroatoms. The van der Waals surface area contributed by atoms with Gasteiger partial charge in [0.05, 0.1) is 52.1 Å². The number of amides is 1. The van der Waals surface area contributed by atoms with Crippen molar-refractivity contribution in [3.8, 4) is 17.5 Å². The number of anilines is 1. The molecular formula is C26H30FN7O2. The number of piperidine rings is 3. The van der Waals surface area contributed by atoms with Crippen LogP contribution in [0.3, 0.4) is 0 Å². The standard InChI is InChI=1S/C26H30FN7O2/c1-26(2,36)24(27)14-30-25(35)19-13-29-21(23-4-3-18-9-16(11-28)12-31-34(18)23)10-20(19)32-22-15-33-7-5-17(22)6-8-33/h3-4,9-10,12-13,17,22,24,36H,5-8,14-15H2,1-2H3,(H,29,32)(H,30,35)/t22-,24?/m1/s1.